The fourth-order valence-electron chi connectivity index (χ4n) is 5.68. The molecule has 10 heteroatoms. The number of rotatable bonds is 8. The Morgan fingerprint density at radius 3 is 2.36 bits per heavy atom. The van der Waals surface area contributed by atoms with E-state index >= 15 is 0 Å². The number of halogens is 3. The molecule has 1 aliphatic carbocycles. The molecule has 2 aromatic carbocycles. The highest BCUT2D eigenvalue weighted by Crippen LogP contribution is 2.54. The SMILES string of the molecule is CC(C)(C)S(=O)(=O)C[C@H](C1CC1)N1C(=O)[C@@](C)(CC(=O)O)C[C@H](c2cccc(Cl)c2)[C@H]1c1ccc(Cl)c(F)c1. The number of sulfone groups is 1. The van der Waals surface area contributed by atoms with Gasteiger partial charge in [-0.3, -0.25) is 9.59 Å². The summed E-state index contributed by atoms with van der Waals surface area (Å²) in [6.07, 6.45) is 1.22. The molecule has 1 saturated carbocycles. The standard InChI is InChI=1S/C29H34Cl2FNO5S/c1-28(2,3)39(37,38)16-24(17-8-9-17)33-26(19-10-11-22(31)23(32)13-19)21(18-6-5-7-20(30)12-18)14-29(4,27(33)36)15-25(34)35/h5-7,10-13,17,21,24,26H,8-9,14-16H2,1-4H3,(H,34,35)/t21-,24-,26-,29-/m1/s1. The summed E-state index contributed by atoms with van der Waals surface area (Å²) in [6.45, 7) is 6.49. The van der Waals surface area contributed by atoms with E-state index in [4.69, 9.17) is 23.2 Å². The van der Waals surface area contributed by atoms with Crippen molar-refractivity contribution in [2.45, 2.75) is 76.1 Å². The lowest BCUT2D eigenvalue weighted by Crippen LogP contribution is -2.58. The second kappa shape index (κ2) is 10.7. The average Bonchev–Trinajstić information content (AvgIpc) is 3.65. The van der Waals surface area contributed by atoms with Crippen LogP contribution in [-0.2, 0) is 19.4 Å². The summed E-state index contributed by atoms with van der Waals surface area (Å²) >= 11 is 12.4. The third-order valence-corrected chi connectivity index (χ3v) is 11.2. The van der Waals surface area contributed by atoms with Gasteiger partial charge in [-0.25, -0.2) is 12.8 Å². The molecule has 2 aromatic rings. The molecule has 1 amide bonds. The zero-order valence-corrected chi connectivity index (χ0v) is 24.8. The molecule has 4 atom stereocenters. The number of carboxylic acids is 1. The fraction of sp³-hybridized carbons (Fsp3) is 0.517. The highest BCUT2D eigenvalue weighted by Gasteiger charge is 2.55. The van der Waals surface area contributed by atoms with Gasteiger partial charge in [-0.15, -0.1) is 0 Å². The fourth-order valence-corrected chi connectivity index (χ4v) is 7.38. The molecule has 1 heterocycles. The van der Waals surface area contributed by atoms with E-state index in [0.717, 1.165) is 18.4 Å². The Hall–Kier alpha value is -2.16. The number of hydrogen-bond donors (Lipinski definition) is 1. The number of carbonyl (C=O) groups excluding carboxylic acids is 1. The van der Waals surface area contributed by atoms with Crippen LogP contribution in [0.2, 0.25) is 10.0 Å². The van der Waals surface area contributed by atoms with Crippen molar-refractivity contribution in [3.8, 4) is 0 Å². The molecule has 2 aliphatic rings. The van der Waals surface area contributed by atoms with Gasteiger partial charge in [0.15, 0.2) is 9.84 Å². The van der Waals surface area contributed by atoms with Gasteiger partial charge in [0.1, 0.15) is 5.82 Å². The van der Waals surface area contributed by atoms with Gasteiger partial charge in [-0.1, -0.05) is 48.3 Å². The van der Waals surface area contributed by atoms with Crippen molar-refractivity contribution in [2.24, 2.45) is 11.3 Å². The van der Waals surface area contributed by atoms with E-state index in [1.807, 2.05) is 6.07 Å². The molecule has 0 unspecified atom stereocenters. The number of carbonyl (C=O) groups is 2. The number of aliphatic carboxylic acids is 1. The van der Waals surface area contributed by atoms with Crippen LogP contribution in [0.25, 0.3) is 0 Å². The highest BCUT2D eigenvalue weighted by atomic mass is 35.5. The van der Waals surface area contributed by atoms with Crippen molar-refractivity contribution in [2.75, 3.05) is 5.75 Å². The molecule has 1 saturated heterocycles. The Morgan fingerprint density at radius 1 is 1.15 bits per heavy atom. The maximum absolute atomic E-state index is 14.8. The number of carboxylic acid groups (broad SMARTS) is 1. The first-order valence-electron chi connectivity index (χ1n) is 13.0. The quantitative estimate of drug-likeness (QED) is 0.367. The van der Waals surface area contributed by atoms with E-state index < -0.39 is 62.1 Å². The number of benzene rings is 2. The van der Waals surface area contributed by atoms with Crippen LogP contribution < -0.4 is 0 Å². The molecule has 2 fully saturated rings. The molecule has 6 nitrogen and oxygen atoms in total. The minimum atomic E-state index is -3.67. The molecule has 0 bridgehead atoms. The van der Waals surface area contributed by atoms with Crippen LogP contribution in [0.3, 0.4) is 0 Å². The lowest BCUT2D eigenvalue weighted by Gasteiger charge is -2.52. The molecule has 212 valence electrons. The maximum atomic E-state index is 14.8. The van der Waals surface area contributed by atoms with Crippen LogP contribution in [0.4, 0.5) is 4.39 Å². The van der Waals surface area contributed by atoms with E-state index in [2.05, 4.69) is 0 Å². The van der Waals surface area contributed by atoms with E-state index in [-0.39, 0.29) is 23.1 Å². The smallest absolute Gasteiger partial charge is 0.304 e. The third-order valence-electron chi connectivity index (χ3n) is 8.05. The van der Waals surface area contributed by atoms with Crippen LogP contribution in [0, 0.1) is 17.2 Å². The van der Waals surface area contributed by atoms with E-state index in [1.165, 1.54) is 12.1 Å². The predicted molar refractivity (Wildman–Crippen MR) is 150 cm³/mol. The minimum absolute atomic E-state index is 0.0714. The molecule has 39 heavy (non-hydrogen) atoms. The molecular formula is C29H34Cl2FNO5S. The van der Waals surface area contributed by atoms with E-state index in [1.54, 1.807) is 56.9 Å². The Labute approximate surface area is 239 Å². The van der Waals surface area contributed by atoms with Crippen LogP contribution in [-0.4, -0.2) is 46.8 Å². The van der Waals surface area contributed by atoms with Crippen molar-refractivity contribution in [1.29, 1.82) is 0 Å². The zero-order chi connectivity index (χ0) is 28.9. The summed E-state index contributed by atoms with van der Waals surface area (Å²) < 4.78 is 40.8. The number of likely N-dealkylation sites (tertiary alicyclic amines) is 1. The summed E-state index contributed by atoms with van der Waals surface area (Å²) in [6, 6.07) is 9.99. The molecular weight excluding hydrogens is 564 g/mol. The average molecular weight is 599 g/mol. The van der Waals surface area contributed by atoms with Crippen LogP contribution in [0.15, 0.2) is 42.5 Å². The summed E-state index contributed by atoms with van der Waals surface area (Å²) in [5, 5.41) is 10.2. The number of hydrogen-bond acceptors (Lipinski definition) is 4. The Bertz CT molecular complexity index is 1390. The molecule has 1 aliphatic heterocycles. The molecule has 0 spiro atoms. The van der Waals surface area contributed by atoms with Gasteiger partial charge in [0.2, 0.25) is 5.91 Å². The van der Waals surface area contributed by atoms with Crippen molar-refractivity contribution in [3.63, 3.8) is 0 Å². The highest BCUT2D eigenvalue weighted by molar-refractivity contribution is 7.92. The second-order valence-electron chi connectivity index (χ2n) is 12.1. The number of nitrogens with zero attached hydrogens (tertiary/aromatic N) is 1. The van der Waals surface area contributed by atoms with Gasteiger partial charge in [0.05, 0.1) is 33.4 Å². The van der Waals surface area contributed by atoms with Crippen molar-refractivity contribution in [3.05, 3.63) is 69.5 Å². The summed E-state index contributed by atoms with van der Waals surface area (Å²) in [7, 11) is -3.67. The van der Waals surface area contributed by atoms with Crippen LogP contribution in [0.1, 0.15) is 76.5 Å². The largest absolute Gasteiger partial charge is 0.481 e. The molecule has 0 radical (unpaired) electrons. The Kier molecular flexibility index (Phi) is 8.16. The molecule has 4 rings (SSSR count). The van der Waals surface area contributed by atoms with Gasteiger partial charge >= 0.3 is 5.97 Å². The maximum Gasteiger partial charge on any atom is 0.304 e. The van der Waals surface area contributed by atoms with Crippen molar-refractivity contribution < 1.29 is 27.5 Å². The Morgan fingerprint density at radius 2 is 1.82 bits per heavy atom. The van der Waals surface area contributed by atoms with Crippen LogP contribution in [0.5, 0.6) is 0 Å². The molecule has 1 N–H and O–H groups in total. The van der Waals surface area contributed by atoms with Crippen molar-refractivity contribution in [1.82, 2.24) is 4.90 Å². The monoisotopic (exact) mass is 597 g/mol. The summed E-state index contributed by atoms with van der Waals surface area (Å²) in [4.78, 5) is 27.9. The van der Waals surface area contributed by atoms with E-state index in [0.29, 0.717) is 10.6 Å². The first-order chi connectivity index (χ1) is 18.0. The first kappa shape index (κ1) is 29.8. The Balaban J connectivity index is 1.97. The van der Waals surface area contributed by atoms with Gasteiger partial charge in [-0.2, -0.15) is 0 Å². The second-order valence-corrected chi connectivity index (χ2v) is 15.8. The summed E-state index contributed by atoms with van der Waals surface area (Å²) in [5.74, 6) is -3.05. The zero-order valence-electron chi connectivity index (χ0n) is 22.5. The first-order valence-corrected chi connectivity index (χ1v) is 15.4. The van der Waals surface area contributed by atoms with Gasteiger partial charge in [0, 0.05) is 17.0 Å². The lowest BCUT2D eigenvalue weighted by molar-refractivity contribution is -0.160. The van der Waals surface area contributed by atoms with Crippen LogP contribution >= 0.6 is 23.2 Å². The normalized spacial score (nSPS) is 25.0. The van der Waals surface area contributed by atoms with Gasteiger partial charge < -0.3 is 10.0 Å². The molecule has 0 aromatic heterocycles. The topological polar surface area (TPSA) is 91.8 Å². The summed E-state index contributed by atoms with van der Waals surface area (Å²) in [5.41, 5.74) is -0.101. The minimum Gasteiger partial charge on any atom is -0.481 e. The van der Waals surface area contributed by atoms with Gasteiger partial charge in [-0.05, 0) is 81.3 Å². The predicted octanol–water partition coefficient (Wildman–Crippen LogP) is 6.66. The third kappa shape index (κ3) is 6.13. The van der Waals surface area contributed by atoms with Crippen molar-refractivity contribution >= 4 is 44.9 Å². The lowest BCUT2D eigenvalue weighted by atomic mass is 9.67. The number of piperidine rings is 1. The number of amides is 1. The van der Waals surface area contributed by atoms with Gasteiger partial charge in [0.25, 0.3) is 0 Å². The van der Waals surface area contributed by atoms with E-state index in [9.17, 15) is 27.5 Å².